The van der Waals surface area contributed by atoms with Gasteiger partial charge in [0.2, 0.25) is 0 Å². The van der Waals surface area contributed by atoms with Crippen molar-refractivity contribution in [2.24, 2.45) is 5.10 Å². The van der Waals surface area contributed by atoms with Crippen LogP contribution in [0, 0.1) is 0 Å². The molecule has 0 aliphatic heterocycles. The molecule has 6 nitrogen and oxygen atoms in total. The fraction of sp³-hybridized carbons (Fsp3) is 0.0385. The molecule has 0 unspecified atom stereocenters. The van der Waals surface area contributed by atoms with Gasteiger partial charge in [-0.25, -0.2) is 10.2 Å². The summed E-state index contributed by atoms with van der Waals surface area (Å²) in [6, 6.07) is 26.7. The van der Waals surface area contributed by atoms with E-state index in [1.165, 1.54) is 6.21 Å². The first kappa shape index (κ1) is 20.8. The number of fused-ring (bicyclic) bond motifs is 1. The maximum absolute atomic E-state index is 12.6. The molecule has 1 amide bonds. The van der Waals surface area contributed by atoms with E-state index in [0.29, 0.717) is 28.2 Å². The van der Waals surface area contributed by atoms with Crippen LogP contribution < -0.4 is 14.9 Å². The van der Waals surface area contributed by atoms with Gasteiger partial charge in [-0.3, -0.25) is 4.79 Å². The van der Waals surface area contributed by atoms with Crippen LogP contribution in [0.4, 0.5) is 0 Å². The number of nitrogens with zero attached hydrogens (tertiary/aromatic N) is 1. The second kappa shape index (κ2) is 9.57. The minimum absolute atomic E-state index is 0.328. The second-order valence-corrected chi connectivity index (χ2v) is 6.88. The van der Waals surface area contributed by atoms with Gasteiger partial charge in [0, 0.05) is 11.1 Å². The third-order valence-corrected chi connectivity index (χ3v) is 4.85. The second-order valence-electron chi connectivity index (χ2n) is 6.88. The highest BCUT2D eigenvalue weighted by atomic mass is 16.5. The number of nitrogens with one attached hydrogen (secondary N) is 1. The summed E-state index contributed by atoms with van der Waals surface area (Å²) in [6.45, 7) is 0. The van der Waals surface area contributed by atoms with Crippen LogP contribution in [-0.2, 0) is 0 Å². The molecule has 6 heteroatoms. The van der Waals surface area contributed by atoms with E-state index >= 15 is 0 Å². The Hall–Kier alpha value is -4.45. The molecule has 4 aromatic carbocycles. The molecule has 0 heterocycles. The molecule has 0 saturated carbocycles. The van der Waals surface area contributed by atoms with E-state index in [-0.39, 0.29) is 5.91 Å². The fourth-order valence-electron chi connectivity index (χ4n) is 3.21. The molecule has 158 valence electrons. The van der Waals surface area contributed by atoms with Gasteiger partial charge in [-0.05, 0) is 53.2 Å². The number of methoxy groups -OCH3 is 1. The number of amides is 1. The Balaban J connectivity index is 1.47. The molecule has 0 saturated heterocycles. The third-order valence-electron chi connectivity index (χ3n) is 4.85. The first-order valence-corrected chi connectivity index (χ1v) is 9.92. The monoisotopic (exact) mass is 424 g/mol. The molecule has 0 spiro atoms. The predicted molar refractivity (Wildman–Crippen MR) is 123 cm³/mol. The molecule has 0 bridgehead atoms. The summed E-state index contributed by atoms with van der Waals surface area (Å²) < 4.78 is 10.6. The Morgan fingerprint density at radius 2 is 1.56 bits per heavy atom. The van der Waals surface area contributed by atoms with Gasteiger partial charge in [0.05, 0.1) is 18.9 Å². The van der Waals surface area contributed by atoms with Gasteiger partial charge in [-0.15, -0.1) is 0 Å². The number of hydrazone groups is 1. The Morgan fingerprint density at radius 1 is 0.844 bits per heavy atom. The molecule has 4 rings (SSSR count). The molecule has 0 aliphatic carbocycles. The number of hydrogen-bond acceptors (Lipinski definition) is 5. The normalized spacial score (nSPS) is 10.8. The Kier molecular flexibility index (Phi) is 6.22. The average Bonchev–Trinajstić information content (AvgIpc) is 2.84. The van der Waals surface area contributed by atoms with Gasteiger partial charge >= 0.3 is 5.97 Å². The largest absolute Gasteiger partial charge is 0.497 e. The van der Waals surface area contributed by atoms with Crippen molar-refractivity contribution in [1.29, 1.82) is 0 Å². The third kappa shape index (κ3) is 4.65. The van der Waals surface area contributed by atoms with Gasteiger partial charge in [-0.2, -0.15) is 5.10 Å². The maximum Gasteiger partial charge on any atom is 0.343 e. The fourth-order valence-corrected chi connectivity index (χ4v) is 3.21. The van der Waals surface area contributed by atoms with E-state index in [1.807, 2.05) is 36.4 Å². The van der Waals surface area contributed by atoms with E-state index in [9.17, 15) is 9.59 Å². The van der Waals surface area contributed by atoms with Gasteiger partial charge in [-0.1, -0.05) is 48.5 Å². The highest BCUT2D eigenvalue weighted by molar-refractivity contribution is 6.07. The minimum atomic E-state index is -0.506. The van der Waals surface area contributed by atoms with E-state index < -0.39 is 5.97 Å². The van der Waals surface area contributed by atoms with Crippen LogP contribution in [-0.4, -0.2) is 25.2 Å². The number of rotatable bonds is 6. The van der Waals surface area contributed by atoms with Crippen molar-refractivity contribution in [2.75, 3.05) is 7.11 Å². The number of hydrogen-bond donors (Lipinski definition) is 1. The Bertz CT molecular complexity index is 1290. The molecular formula is C26H20N2O4. The Labute approximate surface area is 185 Å². The molecule has 1 N–H and O–H groups in total. The van der Waals surface area contributed by atoms with Crippen molar-refractivity contribution in [1.82, 2.24) is 5.43 Å². The average molecular weight is 424 g/mol. The first-order valence-electron chi connectivity index (χ1n) is 9.92. The van der Waals surface area contributed by atoms with Gasteiger partial charge < -0.3 is 9.47 Å². The molecular weight excluding hydrogens is 404 g/mol. The zero-order chi connectivity index (χ0) is 22.3. The summed E-state index contributed by atoms with van der Waals surface area (Å²) >= 11 is 0. The number of ether oxygens (including phenoxy) is 2. The Morgan fingerprint density at radius 3 is 2.38 bits per heavy atom. The standard InChI is InChI=1S/C26H20N2O4/c1-31-21-15-13-19(14-16-21)26(30)32-24-12-5-3-8-20(24)17-27-28-25(29)23-11-6-9-18-7-2-4-10-22(18)23/h2-17H,1H3,(H,28,29)/b27-17-. The summed E-state index contributed by atoms with van der Waals surface area (Å²) in [5.41, 5.74) is 4.01. The molecule has 0 aromatic heterocycles. The smallest absolute Gasteiger partial charge is 0.343 e. The highest BCUT2D eigenvalue weighted by Gasteiger charge is 2.12. The zero-order valence-corrected chi connectivity index (χ0v) is 17.3. The molecule has 0 radical (unpaired) electrons. The summed E-state index contributed by atoms with van der Waals surface area (Å²) in [5.74, 6) is 0.145. The topological polar surface area (TPSA) is 77.0 Å². The SMILES string of the molecule is COc1ccc(C(=O)Oc2ccccc2/C=N\NC(=O)c2cccc3ccccc23)cc1. The lowest BCUT2D eigenvalue weighted by atomic mass is 10.0. The van der Waals surface area contributed by atoms with Crippen LogP contribution in [0.5, 0.6) is 11.5 Å². The molecule has 0 atom stereocenters. The van der Waals surface area contributed by atoms with E-state index in [4.69, 9.17) is 9.47 Å². The van der Waals surface area contributed by atoms with Gasteiger partial charge in [0.15, 0.2) is 0 Å². The predicted octanol–water partition coefficient (Wildman–Crippen LogP) is 4.83. The molecule has 32 heavy (non-hydrogen) atoms. The summed E-state index contributed by atoms with van der Waals surface area (Å²) in [4.78, 5) is 25.1. The van der Waals surface area contributed by atoms with Gasteiger partial charge in [0.1, 0.15) is 11.5 Å². The number of carbonyl (C=O) groups excluding carboxylic acids is 2. The van der Waals surface area contributed by atoms with Crippen molar-refractivity contribution in [2.45, 2.75) is 0 Å². The van der Waals surface area contributed by atoms with Crippen LogP contribution in [0.2, 0.25) is 0 Å². The van der Waals surface area contributed by atoms with Crippen molar-refractivity contribution in [3.05, 3.63) is 108 Å². The van der Waals surface area contributed by atoms with Crippen LogP contribution in [0.15, 0.2) is 96.1 Å². The highest BCUT2D eigenvalue weighted by Crippen LogP contribution is 2.20. The number of esters is 1. The summed E-state index contributed by atoms with van der Waals surface area (Å²) in [7, 11) is 1.56. The quantitative estimate of drug-likeness (QED) is 0.208. The minimum Gasteiger partial charge on any atom is -0.497 e. The van der Waals surface area contributed by atoms with Crippen LogP contribution in [0.25, 0.3) is 10.8 Å². The zero-order valence-electron chi connectivity index (χ0n) is 17.3. The van der Waals surface area contributed by atoms with Crippen LogP contribution in [0.3, 0.4) is 0 Å². The van der Waals surface area contributed by atoms with E-state index in [0.717, 1.165) is 10.8 Å². The first-order chi connectivity index (χ1) is 15.7. The number of carbonyl (C=O) groups is 2. The van der Waals surface area contributed by atoms with Crippen LogP contribution in [0.1, 0.15) is 26.3 Å². The van der Waals surface area contributed by atoms with E-state index in [2.05, 4.69) is 10.5 Å². The van der Waals surface area contributed by atoms with Crippen molar-refractivity contribution in [3.8, 4) is 11.5 Å². The number of benzene rings is 4. The lowest BCUT2D eigenvalue weighted by Gasteiger charge is -2.08. The number of para-hydroxylation sites is 1. The molecule has 0 aliphatic rings. The lowest BCUT2D eigenvalue weighted by molar-refractivity contribution is 0.0734. The van der Waals surface area contributed by atoms with Crippen molar-refractivity contribution >= 4 is 28.9 Å². The lowest BCUT2D eigenvalue weighted by Crippen LogP contribution is -2.18. The molecule has 0 fully saturated rings. The van der Waals surface area contributed by atoms with Gasteiger partial charge in [0.25, 0.3) is 5.91 Å². The summed E-state index contributed by atoms with van der Waals surface area (Å²) in [6.07, 6.45) is 1.44. The van der Waals surface area contributed by atoms with Crippen molar-refractivity contribution in [3.63, 3.8) is 0 Å². The molecule has 4 aromatic rings. The van der Waals surface area contributed by atoms with Crippen LogP contribution >= 0.6 is 0 Å². The maximum atomic E-state index is 12.6. The van der Waals surface area contributed by atoms with E-state index in [1.54, 1.807) is 61.7 Å². The van der Waals surface area contributed by atoms with Crippen molar-refractivity contribution < 1.29 is 19.1 Å². The summed E-state index contributed by atoms with van der Waals surface area (Å²) in [5, 5.41) is 5.87.